The lowest BCUT2D eigenvalue weighted by molar-refractivity contribution is -0.136. The summed E-state index contributed by atoms with van der Waals surface area (Å²) in [7, 11) is 0. The van der Waals surface area contributed by atoms with E-state index < -0.39 is 5.97 Å². The highest BCUT2D eigenvalue weighted by Crippen LogP contribution is 2.28. The summed E-state index contributed by atoms with van der Waals surface area (Å²) in [4.78, 5) is 11.5. The normalized spacial score (nSPS) is 11.0. The van der Waals surface area contributed by atoms with Gasteiger partial charge in [-0.2, -0.15) is 5.10 Å². The summed E-state index contributed by atoms with van der Waals surface area (Å²) >= 11 is 0. The second-order valence-electron chi connectivity index (χ2n) is 7.99. The van der Waals surface area contributed by atoms with Gasteiger partial charge in [0.05, 0.1) is 12.6 Å². The van der Waals surface area contributed by atoms with Crippen molar-refractivity contribution in [3.63, 3.8) is 0 Å². The summed E-state index contributed by atoms with van der Waals surface area (Å²) in [5.41, 5.74) is 6.11. The number of rotatable bonds is 8. The molecule has 2 heterocycles. The molecule has 6 heteroatoms. The number of aromatic nitrogens is 3. The number of ether oxygens (including phenoxy) is 1. The zero-order chi connectivity index (χ0) is 22.6. The van der Waals surface area contributed by atoms with E-state index in [4.69, 9.17) is 4.74 Å². The third kappa shape index (κ3) is 4.65. The molecule has 0 aliphatic carbocycles. The van der Waals surface area contributed by atoms with Gasteiger partial charge in [-0.05, 0) is 40.5 Å². The topological polar surface area (TPSA) is 80.1 Å². The number of aliphatic carboxylic acids is 1. The molecule has 0 saturated heterocycles. The first-order valence-corrected chi connectivity index (χ1v) is 10.7. The molecule has 5 rings (SSSR count). The van der Waals surface area contributed by atoms with Crippen molar-refractivity contribution >= 4 is 16.9 Å². The minimum Gasteiger partial charge on any atom is -0.489 e. The van der Waals surface area contributed by atoms with Crippen LogP contribution in [0.15, 0.2) is 91.4 Å². The molecule has 0 spiro atoms. The van der Waals surface area contributed by atoms with Crippen molar-refractivity contribution in [1.29, 1.82) is 0 Å². The lowest BCUT2D eigenvalue weighted by Crippen LogP contribution is -2.00. The SMILES string of the molecule is O=C(O)Cc1cn(Cc2ccc(-c3cn[nH]c3)cc2)c2ccc(OCc3ccccc3)cc12. The predicted molar refractivity (Wildman–Crippen MR) is 127 cm³/mol. The first-order chi connectivity index (χ1) is 16.2. The average molecular weight is 437 g/mol. The molecular formula is C27H23N3O3. The van der Waals surface area contributed by atoms with Crippen LogP contribution in [0.25, 0.3) is 22.0 Å². The van der Waals surface area contributed by atoms with Crippen LogP contribution in [0.5, 0.6) is 5.75 Å². The molecule has 0 radical (unpaired) electrons. The fourth-order valence-electron chi connectivity index (χ4n) is 4.02. The smallest absolute Gasteiger partial charge is 0.307 e. The van der Waals surface area contributed by atoms with E-state index in [1.54, 1.807) is 6.20 Å². The van der Waals surface area contributed by atoms with Gasteiger partial charge < -0.3 is 14.4 Å². The van der Waals surface area contributed by atoms with Crippen molar-refractivity contribution in [2.24, 2.45) is 0 Å². The van der Waals surface area contributed by atoms with E-state index in [0.717, 1.165) is 44.5 Å². The van der Waals surface area contributed by atoms with Gasteiger partial charge >= 0.3 is 5.97 Å². The minimum atomic E-state index is -0.853. The van der Waals surface area contributed by atoms with Crippen LogP contribution in [0.3, 0.4) is 0 Å². The molecule has 0 bridgehead atoms. The summed E-state index contributed by atoms with van der Waals surface area (Å²) in [6.45, 7) is 1.11. The van der Waals surface area contributed by atoms with E-state index in [1.807, 2.05) is 60.9 Å². The maximum Gasteiger partial charge on any atom is 0.307 e. The lowest BCUT2D eigenvalue weighted by Gasteiger charge is -2.09. The molecule has 0 amide bonds. The van der Waals surface area contributed by atoms with Gasteiger partial charge in [-0.15, -0.1) is 0 Å². The van der Waals surface area contributed by atoms with Gasteiger partial charge in [-0.25, -0.2) is 0 Å². The fraction of sp³-hybridized carbons (Fsp3) is 0.111. The highest BCUT2D eigenvalue weighted by molar-refractivity contribution is 5.88. The summed E-state index contributed by atoms with van der Waals surface area (Å²) in [5.74, 6) is -0.130. The molecule has 6 nitrogen and oxygen atoms in total. The first kappa shape index (κ1) is 20.6. The number of H-pyrrole nitrogens is 1. The number of aromatic amines is 1. The molecule has 0 saturated carbocycles. The van der Waals surface area contributed by atoms with Crippen molar-refractivity contribution in [2.45, 2.75) is 19.6 Å². The molecule has 33 heavy (non-hydrogen) atoms. The van der Waals surface area contributed by atoms with Crippen molar-refractivity contribution in [3.05, 3.63) is 108 Å². The molecule has 0 aliphatic heterocycles. The number of carboxylic acid groups (broad SMARTS) is 1. The Kier molecular flexibility index (Phi) is 5.64. The highest BCUT2D eigenvalue weighted by atomic mass is 16.5. The van der Waals surface area contributed by atoms with Crippen LogP contribution < -0.4 is 4.74 Å². The second kappa shape index (κ2) is 9.04. The number of carbonyl (C=O) groups is 1. The number of nitrogens with zero attached hydrogens (tertiary/aromatic N) is 2. The van der Waals surface area contributed by atoms with Crippen LogP contribution in [0.4, 0.5) is 0 Å². The van der Waals surface area contributed by atoms with Crippen molar-refractivity contribution in [3.8, 4) is 16.9 Å². The molecule has 164 valence electrons. The van der Waals surface area contributed by atoms with Crippen LogP contribution >= 0.6 is 0 Å². The van der Waals surface area contributed by atoms with Gasteiger partial charge in [0.25, 0.3) is 0 Å². The first-order valence-electron chi connectivity index (χ1n) is 10.7. The maximum absolute atomic E-state index is 11.5. The highest BCUT2D eigenvalue weighted by Gasteiger charge is 2.13. The van der Waals surface area contributed by atoms with Gasteiger partial charge in [-0.3, -0.25) is 9.89 Å². The van der Waals surface area contributed by atoms with E-state index >= 15 is 0 Å². The maximum atomic E-state index is 11.5. The van der Waals surface area contributed by atoms with Gasteiger partial charge in [0.15, 0.2) is 0 Å². The van der Waals surface area contributed by atoms with Crippen LogP contribution in [0.1, 0.15) is 16.7 Å². The number of nitrogens with one attached hydrogen (secondary N) is 1. The van der Waals surface area contributed by atoms with E-state index in [1.165, 1.54) is 0 Å². The number of hydrogen-bond acceptors (Lipinski definition) is 3. The van der Waals surface area contributed by atoms with E-state index in [9.17, 15) is 9.90 Å². The molecule has 3 aromatic carbocycles. The number of benzene rings is 3. The predicted octanol–water partition coefficient (Wildman–Crippen LogP) is 5.29. The van der Waals surface area contributed by atoms with Gasteiger partial charge in [0, 0.05) is 35.4 Å². The lowest BCUT2D eigenvalue weighted by atomic mass is 10.1. The van der Waals surface area contributed by atoms with E-state index in [-0.39, 0.29) is 6.42 Å². The third-order valence-corrected chi connectivity index (χ3v) is 5.66. The third-order valence-electron chi connectivity index (χ3n) is 5.66. The van der Waals surface area contributed by atoms with Crippen molar-refractivity contribution < 1.29 is 14.6 Å². The summed E-state index contributed by atoms with van der Waals surface area (Å²) in [5, 5.41) is 17.2. The Labute approximate surface area is 191 Å². The van der Waals surface area contributed by atoms with E-state index in [0.29, 0.717) is 13.2 Å². The van der Waals surface area contributed by atoms with Crippen molar-refractivity contribution in [2.75, 3.05) is 0 Å². The van der Waals surface area contributed by atoms with E-state index in [2.05, 4.69) is 39.0 Å². The molecule has 5 aromatic rings. The second-order valence-corrected chi connectivity index (χ2v) is 7.99. The Morgan fingerprint density at radius 2 is 1.79 bits per heavy atom. The fourth-order valence-corrected chi connectivity index (χ4v) is 4.02. The van der Waals surface area contributed by atoms with Crippen LogP contribution in [0.2, 0.25) is 0 Å². The summed E-state index contributed by atoms with van der Waals surface area (Å²) < 4.78 is 8.07. The molecule has 0 aliphatic rings. The zero-order valence-corrected chi connectivity index (χ0v) is 17.9. The molecule has 2 N–H and O–H groups in total. The quantitative estimate of drug-likeness (QED) is 0.346. The molecule has 2 aromatic heterocycles. The monoisotopic (exact) mass is 437 g/mol. The Hall–Kier alpha value is -4.32. The Morgan fingerprint density at radius 3 is 2.52 bits per heavy atom. The van der Waals surface area contributed by atoms with Crippen LogP contribution in [-0.2, 0) is 24.4 Å². The number of fused-ring (bicyclic) bond motifs is 1. The Balaban J connectivity index is 1.41. The molecule has 0 atom stereocenters. The number of hydrogen-bond donors (Lipinski definition) is 2. The van der Waals surface area contributed by atoms with Crippen molar-refractivity contribution in [1.82, 2.24) is 14.8 Å². The minimum absolute atomic E-state index is 0.0366. The van der Waals surface area contributed by atoms with Gasteiger partial charge in [0.2, 0.25) is 0 Å². The zero-order valence-electron chi connectivity index (χ0n) is 17.9. The Bertz CT molecular complexity index is 1370. The van der Waals surface area contributed by atoms with Gasteiger partial charge in [0.1, 0.15) is 12.4 Å². The standard InChI is InChI=1S/C27H23N3O3/c31-27(32)12-22-17-30(16-19-6-8-21(9-7-19)23-14-28-29-15-23)26-11-10-24(13-25(22)26)33-18-20-4-2-1-3-5-20/h1-11,13-15,17H,12,16,18H2,(H,28,29)(H,31,32). The molecular weight excluding hydrogens is 414 g/mol. The average Bonchev–Trinajstić information content (AvgIpc) is 3.48. The summed E-state index contributed by atoms with van der Waals surface area (Å²) in [6, 6.07) is 24.2. The Morgan fingerprint density at radius 1 is 0.970 bits per heavy atom. The molecule has 0 unspecified atom stereocenters. The van der Waals surface area contributed by atoms with Crippen LogP contribution in [0, 0.1) is 0 Å². The molecule has 0 fully saturated rings. The van der Waals surface area contributed by atoms with Gasteiger partial charge in [-0.1, -0.05) is 54.6 Å². The largest absolute Gasteiger partial charge is 0.489 e. The number of carboxylic acids is 1. The summed E-state index contributed by atoms with van der Waals surface area (Å²) in [6.07, 6.45) is 5.56. The van der Waals surface area contributed by atoms with Crippen LogP contribution in [-0.4, -0.2) is 25.8 Å².